The molecule has 2 aliphatic rings. The van der Waals surface area contributed by atoms with Crippen molar-refractivity contribution in [3.63, 3.8) is 0 Å². The minimum absolute atomic E-state index is 0.318. The molecular weight excluding hydrogens is 382 g/mol. The lowest BCUT2D eigenvalue weighted by atomic mass is 10.0. The van der Waals surface area contributed by atoms with E-state index in [-0.39, 0.29) is 5.60 Å². The topological polar surface area (TPSA) is 93.4 Å². The monoisotopic (exact) mass is 415 g/mol. The molecule has 1 saturated heterocycles. The molecule has 0 radical (unpaired) electrons. The molecule has 30 heavy (non-hydrogen) atoms. The minimum Gasteiger partial charge on any atom is -0.462 e. The maximum atomic E-state index is 9.60. The first kappa shape index (κ1) is 22.4. The standard InChI is InChI=1S/C17H23N5O.C5H10O2/c1-2-13(1)11-22(15-5-9-19-10-6-15)12-16-20-17(21-23-16)14-3-7-18-8-4-14;1-5(2,3)7-4-6/h3-4,7-8,13,15,19H,1-2,5-6,9-12H2;4H,1-3H3. The van der Waals surface area contributed by atoms with Crippen LogP contribution in [0.1, 0.15) is 52.3 Å². The second-order valence-corrected chi connectivity index (χ2v) is 8.93. The van der Waals surface area contributed by atoms with Gasteiger partial charge >= 0.3 is 0 Å². The van der Waals surface area contributed by atoms with Crippen LogP contribution in [0.15, 0.2) is 29.0 Å². The summed E-state index contributed by atoms with van der Waals surface area (Å²) in [4.78, 5) is 20.8. The zero-order valence-corrected chi connectivity index (χ0v) is 18.2. The first-order chi connectivity index (χ1) is 14.4. The van der Waals surface area contributed by atoms with Gasteiger partial charge in [0, 0.05) is 30.5 Å². The Bertz CT molecular complexity index is 765. The molecule has 2 aromatic rings. The molecule has 0 aromatic carbocycles. The Morgan fingerprint density at radius 3 is 2.47 bits per heavy atom. The summed E-state index contributed by atoms with van der Waals surface area (Å²) in [6, 6.07) is 4.44. The molecule has 4 rings (SSSR count). The molecule has 164 valence electrons. The smallest absolute Gasteiger partial charge is 0.293 e. The number of hydrogen-bond donors (Lipinski definition) is 1. The van der Waals surface area contributed by atoms with E-state index in [1.807, 2.05) is 32.9 Å². The number of pyridine rings is 1. The minimum atomic E-state index is -0.318. The molecule has 1 aliphatic heterocycles. The fourth-order valence-corrected chi connectivity index (χ4v) is 3.40. The second kappa shape index (κ2) is 10.6. The van der Waals surface area contributed by atoms with Crippen LogP contribution in [-0.4, -0.2) is 57.8 Å². The van der Waals surface area contributed by atoms with Crippen molar-refractivity contribution in [2.75, 3.05) is 19.6 Å². The van der Waals surface area contributed by atoms with E-state index < -0.39 is 0 Å². The van der Waals surface area contributed by atoms with Crippen LogP contribution >= 0.6 is 0 Å². The zero-order valence-electron chi connectivity index (χ0n) is 18.2. The summed E-state index contributed by atoms with van der Waals surface area (Å²) >= 11 is 0. The van der Waals surface area contributed by atoms with Gasteiger partial charge in [-0.25, -0.2) is 0 Å². The Kier molecular flexibility index (Phi) is 7.93. The SMILES string of the molecule is CC(C)(C)OC=O.c1cc(-c2noc(CN(CC3CC3)C3CCNCC3)n2)ccn1. The highest BCUT2D eigenvalue weighted by Gasteiger charge is 2.30. The third-order valence-corrected chi connectivity index (χ3v) is 5.16. The van der Waals surface area contributed by atoms with Gasteiger partial charge in [-0.2, -0.15) is 4.98 Å². The summed E-state index contributed by atoms with van der Waals surface area (Å²) in [6.07, 6.45) is 8.65. The van der Waals surface area contributed by atoms with E-state index in [0.29, 0.717) is 18.3 Å². The lowest BCUT2D eigenvalue weighted by Crippen LogP contribution is -2.43. The van der Waals surface area contributed by atoms with Crippen LogP contribution in [0.5, 0.6) is 0 Å². The van der Waals surface area contributed by atoms with Crippen molar-refractivity contribution in [3.05, 3.63) is 30.4 Å². The normalized spacial score (nSPS) is 17.3. The average Bonchev–Trinajstić information content (AvgIpc) is 3.43. The molecule has 3 heterocycles. The Morgan fingerprint density at radius 2 is 1.90 bits per heavy atom. The molecule has 2 aromatic heterocycles. The van der Waals surface area contributed by atoms with Gasteiger partial charge in [-0.3, -0.25) is 14.7 Å². The van der Waals surface area contributed by atoms with Crippen LogP contribution in [-0.2, 0) is 16.1 Å². The first-order valence-corrected chi connectivity index (χ1v) is 10.7. The molecule has 1 saturated carbocycles. The van der Waals surface area contributed by atoms with Crippen LogP contribution in [0.4, 0.5) is 0 Å². The molecule has 1 N–H and O–H groups in total. The lowest BCUT2D eigenvalue weighted by Gasteiger charge is -2.33. The Labute approximate surface area is 178 Å². The highest BCUT2D eigenvalue weighted by Crippen LogP contribution is 2.32. The lowest BCUT2D eigenvalue weighted by molar-refractivity contribution is -0.138. The number of nitrogens with one attached hydrogen (secondary N) is 1. The number of hydrogen-bond acceptors (Lipinski definition) is 8. The molecule has 0 spiro atoms. The number of piperidine rings is 1. The van der Waals surface area contributed by atoms with Gasteiger partial charge in [0.15, 0.2) is 0 Å². The number of aromatic nitrogens is 3. The van der Waals surface area contributed by atoms with Crippen LogP contribution < -0.4 is 5.32 Å². The van der Waals surface area contributed by atoms with E-state index in [1.54, 1.807) is 12.4 Å². The average molecular weight is 416 g/mol. The van der Waals surface area contributed by atoms with E-state index in [4.69, 9.17) is 4.52 Å². The van der Waals surface area contributed by atoms with Gasteiger partial charge in [0.1, 0.15) is 5.60 Å². The summed E-state index contributed by atoms with van der Waals surface area (Å²) in [7, 11) is 0. The maximum Gasteiger partial charge on any atom is 0.293 e. The van der Waals surface area contributed by atoms with Crippen molar-refractivity contribution < 1.29 is 14.1 Å². The number of rotatable bonds is 7. The summed E-state index contributed by atoms with van der Waals surface area (Å²) in [5, 5.41) is 7.57. The van der Waals surface area contributed by atoms with Crippen molar-refractivity contribution >= 4 is 6.47 Å². The van der Waals surface area contributed by atoms with Crippen LogP contribution in [0.25, 0.3) is 11.4 Å². The molecule has 0 bridgehead atoms. The Morgan fingerprint density at radius 1 is 1.20 bits per heavy atom. The number of carbonyl (C=O) groups excluding carboxylic acids is 1. The maximum absolute atomic E-state index is 9.60. The van der Waals surface area contributed by atoms with E-state index >= 15 is 0 Å². The van der Waals surface area contributed by atoms with Gasteiger partial charge < -0.3 is 14.6 Å². The molecule has 1 aliphatic carbocycles. The fourth-order valence-electron chi connectivity index (χ4n) is 3.40. The molecule has 0 amide bonds. The highest BCUT2D eigenvalue weighted by molar-refractivity contribution is 5.52. The third kappa shape index (κ3) is 7.50. The van der Waals surface area contributed by atoms with E-state index in [2.05, 4.69) is 30.1 Å². The van der Waals surface area contributed by atoms with Gasteiger partial charge in [0.25, 0.3) is 6.47 Å². The summed E-state index contributed by atoms with van der Waals surface area (Å²) in [5.74, 6) is 2.24. The molecule has 0 unspecified atom stereocenters. The molecule has 2 fully saturated rings. The second-order valence-electron chi connectivity index (χ2n) is 8.93. The van der Waals surface area contributed by atoms with Gasteiger partial charge in [0.2, 0.25) is 11.7 Å². The van der Waals surface area contributed by atoms with Crippen molar-refractivity contribution in [1.82, 2.24) is 25.3 Å². The van der Waals surface area contributed by atoms with Crippen molar-refractivity contribution in [2.24, 2.45) is 5.92 Å². The summed E-state index contributed by atoms with van der Waals surface area (Å²) in [5.41, 5.74) is 0.632. The number of ether oxygens (including phenoxy) is 1. The fraction of sp³-hybridized carbons (Fsp3) is 0.636. The van der Waals surface area contributed by atoms with Crippen molar-refractivity contribution in [3.8, 4) is 11.4 Å². The molecule has 8 heteroatoms. The third-order valence-electron chi connectivity index (χ3n) is 5.16. The zero-order chi connectivity index (χ0) is 21.4. The van der Waals surface area contributed by atoms with Gasteiger partial charge in [0.05, 0.1) is 6.54 Å². The van der Waals surface area contributed by atoms with Crippen LogP contribution in [0.2, 0.25) is 0 Å². The Balaban J connectivity index is 0.000000318. The van der Waals surface area contributed by atoms with E-state index in [9.17, 15) is 4.79 Å². The number of nitrogens with zero attached hydrogens (tertiary/aromatic N) is 4. The van der Waals surface area contributed by atoms with Crippen LogP contribution in [0, 0.1) is 5.92 Å². The van der Waals surface area contributed by atoms with Gasteiger partial charge in [-0.05, 0) is 77.6 Å². The van der Waals surface area contributed by atoms with Crippen molar-refractivity contribution in [1.29, 1.82) is 0 Å². The van der Waals surface area contributed by atoms with Crippen molar-refractivity contribution in [2.45, 2.75) is 64.6 Å². The molecular formula is C22H33N5O3. The summed E-state index contributed by atoms with van der Waals surface area (Å²) < 4.78 is 10.1. The predicted molar refractivity (Wildman–Crippen MR) is 113 cm³/mol. The van der Waals surface area contributed by atoms with Crippen LogP contribution in [0.3, 0.4) is 0 Å². The largest absolute Gasteiger partial charge is 0.462 e. The molecule has 8 nitrogen and oxygen atoms in total. The number of carbonyl (C=O) groups is 1. The van der Waals surface area contributed by atoms with Gasteiger partial charge in [-0.15, -0.1) is 0 Å². The predicted octanol–water partition coefficient (Wildman–Crippen LogP) is 3.05. The molecule has 0 atom stereocenters. The Hall–Kier alpha value is -2.32. The van der Waals surface area contributed by atoms with E-state index in [0.717, 1.165) is 43.6 Å². The quantitative estimate of drug-likeness (QED) is 0.690. The first-order valence-electron chi connectivity index (χ1n) is 10.7. The summed E-state index contributed by atoms with van der Waals surface area (Å²) in [6.45, 7) is 10.1. The van der Waals surface area contributed by atoms with Gasteiger partial charge in [-0.1, -0.05) is 5.16 Å². The highest BCUT2D eigenvalue weighted by atomic mass is 16.5. The van der Waals surface area contributed by atoms with E-state index in [1.165, 1.54) is 25.7 Å².